The van der Waals surface area contributed by atoms with Crippen LogP contribution in [0, 0.1) is 0 Å². The van der Waals surface area contributed by atoms with Crippen molar-refractivity contribution in [2.75, 3.05) is 62.7 Å². The lowest BCUT2D eigenvalue weighted by Gasteiger charge is -2.19. The topological polar surface area (TPSA) is 162 Å². The highest BCUT2D eigenvalue weighted by Gasteiger charge is 2.22. The molecule has 1 N–H and O–H groups in total. The highest BCUT2D eigenvalue weighted by Crippen LogP contribution is 2.16. The molecule has 0 aromatic carbocycles. The molecule has 0 saturated carbocycles. The van der Waals surface area contributed by atoms with Gasteiger partial charge in [-0.05, 0) is 13.8 Å². The number of hydrogen-bond acceptors (Lipinski definition) is 12. The second-order valence-corrected chi connectivity index (χ2v) is 6.69. The third-order valence-corrected chi connectivity index (χ3v) is 3.76. The van der Waals surface area contributed by atoms with Crippen molar-refractivity contribution in [3.8, 4) is 0 Å². The number of aromatic nitrogens is 3. The van der Waals surface area contributed by atoms with Gasteiger partial charge in [0.05, 0.1) is 0 Å². The van der Waals surface area contributed by atoms with Crippen LogP contribution >= 0.6 is 0 Å². The number of rotatable bonds is 11. The highest BCUT2D eigenvalue weighted by molar-refractivity contribution is 5.88. The zero-order chi connectivity index (χ0) is 25.8. The fourth-order valence-corrected chi connectivity index (χ4v) is 1.90. The Balaban J connectivity index is 2.76. The lowest BCUT2D eigenvalue weighted by molar-refractivity contribution is -0.140. The number of nitrogens with zero attached hydrogens (tertiary/aromatic N) is 5. The summed E-state index contributed by atoms with van der Waals surface area (Å²) in [6.07, 6.45) is -1.68. The van der Waals surface area contributed by atoms with E-state index in [0.717, 1.165) is 9.80 Å². The van der Waals surface area contributed by atoms with E-state index in [1.807, 2.05) is 0 Å². The van der Waals surface area contributed by atoms with Crippen LogP contribution < -0.4 is 15.1 Å². The van der Waals surface area contributed by atoms with E-state index in [9.17, 15) is 19.2 Å². The van der Waals surface area contributed by atoms with E-state index >= 15 is 0 Å². The van der Waals surface area contributed by atoms with Crippen molar-refractivity contribution in [2.24, 2.45) is 0 Å². The first-order valence-electron chi connectivity index (χ1n) is 9.88. The van der Waals surface area contributed by atoms with E-state index in [2.05, 4.69) is 33.4 Å². The standard InChI is InChI=1S/C20H28N6O8/c1-12(2)14(27)31-8-10-33-19(29)25(6)17-22-16(21-5)23-18(24-17)26(7)20(30)34-11-9-32-15(28)13(3)4/h1,3,8-11H2,2,4-7H3,(H,21,22,23,24). The first-order chi connectivity index (χ1) is 16.0. The van der Waals surface area contributed by atoms with E-state index in [-0.39, 0.29) is 55.4 Å². The van der Waals surface area contributed by atoms with Crippen LogP contribution in [-0.2, 0) is 28.5 Å². The van der Waals surface area contributed by atoms with E-state index in [4.69, 9.17) is 18.9 Å². The number of nitrogens with one attached hydrogen (secondary N) is 1. The molecule has 0 radical (unpaired) electrons. The van der Waals surface area contributed by atoms with Crippen molar-refractivity contribution < 1.29 is 38.1 Å². The van der Waals surface area contributed by atoms with Crippen LogP contribution in [-0.4, -0.2) is 86.6 Å². The summed E-state index contributed by atoms with van der Waals surface area (Å²) in [6.45, 7) is 9.13. The molecule has 14 nitrogen and oxygen atoms in total. The summed E-state index contributed by atoms with van der Waals surface area (Å²) >= 11 is 0. The maximum atomic E-state index is 12.3. The molecular weight excluding hydrogens is 452 g/mol. The third kappa shape index (κ3) is 8.72. The third-order valence-electron chi connectivity index (χ3n) is 3.76. The SMILES string of the molecule is C=C(C)C(=O)OCCOC(=O)N(C)c1nc(NC)nc(N(C)C(=O)OCCOC(=O)C(=C)C)n1. The van der Waals surface area contributed by atoms with Gasteiger partial charge >= 0.3 is 24.1 Å². The maximum Gasteiger partial charge on any atom is 0.416 e. The van der Waals surface area contributed by atoms with Gasteiger partial charge < -0.3 is 24.3 Å². The van der Waals surface area contributed by atoms with Crippen molar-refractivity contribution in [1.82, 2.24) is 15.0 Å². The minimum absolute atomic E-state index is 0.0603. The molecule has 1 aromatic rings. The van der Waals surface area contributed by atoms with Crippen LogP contribution in [0.25, 0.3) is 0 Å². The van der Waals surface area contributed by atoms with Gasteiger partial charge in [0.2, 0.25) is 17.8 Å². The van der Waals surface area contributed by atoms with Crippen LogP contribution in [0.5, 0.6) is 0 Å². The summed E-state index contributed by atoms with van der Waals surface area (Å²) in [5, 5.41) is 2.69. The second-order valence-electron chi connectivity index (χ2n) is 6.69. The van der Waals surface area contributed by atoms with Crippen molar-refractivity contribution >= 4 is 42.0 Å². The predicted octanol–water partition coefficient (Wildman–Crippen LogP) is 1.30. The van der Waals surface area contributed by atoms with Gasteiger partial charge in [-0.3, -0.25) is 0 Å². The molecule has 0 unspecified atom stereocenters. The Morgan fingerprint density at radius 1 is 0.735 bits per heavy atom. The number of ether oxygens (including phenoxy) is 4. The van der Waals surface area contributed by atoms with Gasteiger partial charge in [0.25, 0.3) is 0 Å². The molecular formula is C20H28N6O8. The van der Waals surface area contributed by atoms with Gasteiger partial charge in [0.1, 0.15) is 26.4 Å². The molecule has 0 aliphatic rings. The zero-order valence-electron chi connectivity index (χ0n) is 19.7. The number of anilines is 3. The maximum absolute atomic E-state index is 12.3. The largest absolute Gasteiger partial charge is 0.459 e. The molecule has 1 rings (SSSR count). The Morgan fingerprint density at radius 3 is 1.41 bits per heavy atom. The molecule has 0 atom stereocenters. The molecule has 0 bridgehead atoms. The quantitative estimate of drug-likeness (QED) is 0.209. The van der Waals surface area contributed by atoms with Gasteiger partial charge in [-0.1, -0.05) is 13.2 Å². The molecule has 0 spiro atoms. The Bertz CT molecular complexity index is 881. The number of esters is 2. The fraction of sp³-hybridized carbons (Fsp3) is 0.450. The second kappa shape index (κ2) is 13.3. The van der Waals surface area contributed by atoms with Gasteiger partial charge in [-0.15, -0.1) is 0 Å². The summed E-state index contributed by atoms with van der Waals surface area (Å²) in [7, 11) is 4.22. The molecule has 34 heavy (non-hydrogen) atoms. The first-order valence-corrected chi connectivity index (χ1v) is 9.88. The van der Waals surface area contributed by atoms with E-state index in [1.165, 1.54) is 35.0 Å². The molecule has 0 fully saturated rings. The predicted molar refractivity (Wildman–Crippen MR) is 120 cm³/mol. The average molecular weight is 480 g/mol. The number of carbonyl (C=O) groups is 4. The zero-order valence-corrected chi connectivity index (χ0v) is 19.7. The van der Waals surface area contributed by atoms with Crippen molar-refractivity contribution in [2.45, 2.75) is 13.8 Å². The van der Waals surface area contributed by atoms with Crippen molar-refractivity contribution in [3.05, 3.63) is 24.3 Å². The summed E-state index contributed by atoms with van der Waals surface area (Å²) in [5.41, 5.74) is 0.438. The molecule has 14 heteroatoms. The molecule has 186 valence electrons. The summed E-state index contributed by atoms with van der Waals surface area (Å²) < 4.78 is 19.7. The van der Waals surface area contributed by atoms with Gasteiger partial charge in [0.15, 0.2) is 0 Å². The fourth-order valence-electron chi connectivity index (χ4n) is 1.90. The monoisotopic (exact) mass is 480 g/mol. The smallest absolute Gasteiger partial charge is 0.416 e. The van der Waals surface area contributed by atoms with Crippen LogP contribution in [0.3, 0.4) is 0 Å². The molecule has 0 aliphatic heterocycles. The normalized spacial score (nSPS) is 9.91. The van der Waals surface area contributed by atoms with Crippen molar-refractivity contribution in [3.63, 3.8) is 0 Å². The molecule has 0 aliphatic carbocycles. The molecule has 0 saturated heterocycles. The highest BCUT2D eigenvalue weighted by atomic mass is 16.6. The Morgan fingerprint density at radius 2 is 1.09 bits per heavy atom. The molecule has 1 aromatic heterocycles. The average Bonchev–Trinajstić information content (AvgIpc) is 2.82. The van der Waals surface area contributed by atoms with Gasteiger partial charge in [-0.25, -0.2) is 29.0 Å². The first kappa shape index (κ1) is 27.8. The Labute approximate surface area is 196 Å². The number of amides is 2. The van der Waals surface area contributed by atoms with Crippen LogP contribution in [0.2, 0.25) is 0 Å². The Kier molecular flexibility index (Phi) is 10.9. The lowest BCUT2D eigenvalue weighted by atomic mass is 10.4. The minimum Gasteiger partial charge on any atom is -0.459 e. The van der Waals surface area contributed by atoms with Crippen LogP contribution in [0.1, 0.15) is 13.8 Å². The van der Waals surface area contributed by atoms with Crippen LogP contribution in [0.4, 0.5) is 27.4 Å². The molecule has 2 amide bonds. The lowest BCUT2D eigenvalue weighted by Crippen LogP contribution is -2.33. The van der Waals surface area contributed by atoms with E-state index in [1.54, 1.807) is 0 Å². The van der Waals surface area contributed by atoms with Crippen LogP contribution in [0.15, 0.2) is 24.3 Å². The van der Waals surface area contributed by atoms with Gasteiger partial charge in [-0.2, -0.15) is 15.0 Å². The minimum atomic E-state index is -0.838. The van der Waals surface area contributed by atoms with Crippen molar-refractivity contribution in [1.29, 1.82) is 0 Å². The van der Waals surface area contributed by atoms with E-state index < -0.39 is 24.1 Å². The summed E-state index contributed by atoms with van der Waals surface area (Å²) in [6, 6.07) is 0. The number of hydrogen-bond donors (Lipinski definition) is 1. The molecule has 1 heterocycles. The number of carbonyl (C=O) groups excluding carboxylic acids is 4. The van der Waals surface area contributed by atoms with E-state index in [0.29, 0.717) is 0 Å². The Hall–Kier alpha value is -4.23. The summed E-state index contributed by atoms with van der Waals surface area (Å²) in [5.74, 6) is -1.41. The van der Waals surface area contributed by atoms with Gasteiger partial charge in [0, 0.05) is 32.3 Å². The summed E-state index contributed by atoms with van der Waals surface area (Å²) in [4.78, 5) is 61.4.